The number of nitrogens with two attached hydrogens (primary N) is 1. The lowest BCUT2D eigenvalue weighted by Crippen LogP contribution is -2.52. The fourth-order valence-corrected chi connectivity index (χ4v) is 4.32. The van der Waals surface area contributed by atoms with E-state index in [0.717, 1.165) is 18.9 Å². The van der Waals surface area contributed by atoms with E-state index in [9.17, 15) is 12.8 Å². The number of piperidine rings is 1. The van der Waals surface area contributed by atoms with Crippen LogP contribution in [-0.2, 0) is 10.0 Å². The maximum atomic E-state index is 13.3. The Kier molecular flexibility index (Phi) is 3.94. The first kappa shape index (κ1) is 14.4. The minimum Gasteiger partial charge on any atom is -0.315 e. The second-order valence-corrected chi connectivity index (χ2v) is 6.99. The van der Waals surface area contributed by atoms with Gasteiger partial charge < -0.3 is 5.73 Å². The summed E-state index contributed by atoms with van der Waals surface area (Å²) in [7, 11) is -3.73. The fourth-order valence-electron chi connectivity index (χ4n) is 2.43. The van der Waals surface area contributed by atoms with E-state index in [1.165, 1.54) is 16.4 Å². The van der Waals surface area contributed by atoms with Crippen LogP contribution in [0.2, 0.25) is 0 Å². The van der Waals surface area contributed by atoms with Crippen molar-refractivity contribution in [1.82, 2.24) is 4.31 Å². The average Bonchev–Trinajstić information content (AvgIpc) is 2.35. The molecule has 1 aliphatic heterocycles. The van der Waals surface area contributed by atoms with Gasteiger partial charge in [0.25, 0.3) is 0 Å². The zero-order valence-corrected chi connectivity index (χ0v) is 12.0. The van der Waals surface area contributed by atoms with Crippen molar-refractivity contribution in [1.29, 1.82) is 0 Å². The topological polar surface area (TPSA) is 63.4 Å². The molecule has 1 aromatic rings. The number of nitrogens with zero attached hydrogens (tertiary/aromatic N) is 1. The number of hydrogen-bond acceptors (Lipinski definition) is 3. The number of hydrogen-bond donors (Lipinski definition) is 1. The molecular formula is C13H19FN2O2S. The Labute approximate surface area is 113 Å². The molecule has 0 amide bonds. The van der Waals surface area contributed by atoms with Gasteiger partial charge in [-0.1, -0.05) is 13.0 Å². The van der Waals surface area contributed by atoms with E-state index in [2.05, 4.69) is 0 Å². The zero-order chi connectivity index (χ0) is 14.2. The van der Waals surface area contributed by atoms with Gasteiger partial charge in [0.1, 0.15) is 5.82 Å². The summed E-state index contributed by atoms with van der Waals surface area (Å²) in [5, 5.41) is 0. The van der Waals surface area contributed by atoms with Gasteiger partial charge in [-0.15, -0.1) is 0 Å². The van der Waals surface area contributed by atoms with Crippen molar-refractivity contribution in [2.24, 2.45) is 11.7 Å². The normalized spacial score (nSPS) is 25.5. The van der Waals surface area contributed by atoms with Crippen molar-refractivity contribution in [2.75, 3.05) is 6.54 Å². The highest BCUT2D eigenvalue weighted by Gasteiger charge is 2.35. The number of rotatable bonds is 2. The fraction of sp³-hybridized carbons (Fsp3) is 0.538. The lowest BCUT2D eigenvalue weighted by molar-refractivity contribution is 0.192. The SMILES string of the molecule is Cc1ccc(F)cc1S(=O)(=O)N1CCCC(C)C1N. The number of halogens is 1. The standard InChI is InChI=1S/C13H19FN2O2S/c1-9-5-6-11(14)8-12(9)19(17,18)16-7-3-4-10(2)13(16)15/h5-6,8,10,13H,3-4,7,15H2,1-2H3. The predicted octanol–water partition coefficient (Wildman–Crippen LogP) is 1.84. The highest BCUT2D eigenvalue weighted by Crippen LogP contribution is 2.28. The van der Waals surface area contributed by atoms with Crippen molar-refractivity contribution >= 4 is 10.0 Å². The summed E-state index contributed by atoms with van der Waals surface area (Å²) in [6.45, 7) is 3.99. The molecule has 2 rings (SSSR count). The van der Waals surface area contributed by atoms with Gasteiger partial charge in [0.05, 0.1) is 11.1 Å². The van der Waals surface area contributed by atoms with Crippen LogP contribution in [0.15, 0.2) is 23.1 Å². The summed E-state index contributed by atoms with van der Waals surface area (Å²) in [6.07, 6.45) is 1.15. The van der Waals surface area contributed by atoms with Gasteiger partial charge >= 0.3 is 0 Å². The van der Waals surface area contributed by atoms with E-state index in [1.807, 2.05) is 6.92 Å². The summed E-state index contributed by atoms with van der Waals surface area (Å²) in [5.74, 6) is -0.444. The maximum Gasteiger partial charge on any atom is 0.244 e. The van der Waals surface area contributed by atoms with Crippen LogP contribution in [0.5, 0.6) is 0 Å². The monoisotopic (exact) mass is 286 g/mol. The molecule has 0 radical (unpaired) electrons. The van der Waals surface area contributed by atoms with Crippen molar-refractivity contribution < 1.29 is 12.8 Å². The average molecular weight is 286 g/mol. The minimum absolute atomic E-state index is 0.0112. The third kappa shape index (κ3) is 2.66. The molecule has 19 heavy (non-hydrogen) atoms. The summed E-state index contributed by atoms with van der Waals surface area (Å²) < 4.78 is 39.8. The molecule has 106 valence electrons. The van der Waals surface area contributed by atoms with Crippen LogP contribution in [0.25, 0.3) is 0 Å². The Hall–Kier alpha value is -0.980. The van der Waals surface area contributed by atoms with E-state index >= 15 is 0 Å². The van der Waals surface area contributed by atoms with Gasteiger partial charge in [-0.25, -0.2) is 12.8 Å². The van der Waals surface area contributed by atoms with Crippen molar-refractivity contribution in [3.63, 3.8) is 0 Å². The summed E-state index contributed by atoms with van der Waals surface area (Å²) >= 11 is 0. The molecule has 0 aliphatic carbocycles. The van der Waals surface area contributed by atoms with E-state index in [-0.39, 0.29) is 10.8 Å². The van der Waals surface area contributed by atoms with Gasteiger partial charge in [0, 0.05) is 6.54 Å². The Bertz CT molecular complexity index is 574. The summed E-state index contributed by atoms with van der Waals surface area (Å²) in [5.41, 5.74) is 6.52. The molecule has 0 aromatic heterocycles. The molecular weight excluding hydrogens is 267 g/mol. The van der Waals surface area contributed by atoms with E-state index in [4.69, 9.17) is 5.73 Å². The molecule has 0 spiro atoms. The molecule has 2 N–H and O–H groups in total. The molecule has 2 atom stereocenters. The molecule has 1 fully saturated rings. The number of benzene rings is 1. The van der Waals surface area contributed by atoms with E-state index < -0.39 is 22.0 Å². The van der Waals surface area contributed by atoms with Crippen LogP contribution in [0, 0.1) is 18.7 Å². The quantitative estimate of drug-likeness (QED) is 0.902. The van der Waals surface area contributed by atoms with E-state index in [1.54, 1.807) is 6.92 Å². The molecule has 1 aromatic carbocycles. The molecule has 1 aliphatic rings. The Balaban J connectivity index is 2.44. The first-order chi connectivity index (χ1) is 8.84. The Morgan fingerprint density at radius 2 is 2.11 bits per heavy atom. The number of sulfonamides is 1. The van der Waals surface area contributed by atoms with Gasteiger partial charge in [-0.3, -0.25) is 0 Å². The third-order valence-electron chi connectivity index (χ3n) is 3.69. The van der Waals surface area contributed by atoms with Crippen molar-refractivity contribution in [3.8, 4) is 0 Å². The van der Waals surface area contributed by atoms with Crippen molar-refractivity contribution in [2.45, 2.75) is 37.8 Å². The minimum atomic E-state index is -3.73. The summed E-state index contributed by atoms with van der Waals surface area (Å²) in [4.78, 5) is 0.0112. The molecule has 0 saturated carbocycles. The Morgan fingerprint density at radius 1 is 1.42 bits per heavy atom. The van der Waals surface area contributed by atoms with Gasteiger partial charge in [-0.2, -0.15) is 4.31 Å². The largest absolute Gasteiger partial charge is 0.315 e. The molecule has 1 saturated heterocycles. The van der Waals surface area contributed by atoms with Gasteiger partial charge in [0.2, 0.25) is 10.0 Å². The first-order valence-corrected chi connectivity index (χ1v) is 7.81. The van der Waals surface area contributed by atoms with Crippen LogP contribution in [0.1, 0.15) is 25.3 Å². The molecule has 6 heteroatoms. The molecule has 0 bridgehead atoms. The van der Waals surface area contributed by atoms with Crippen molar-refractivity contribution in [3.05, 3.63) is 29.6 Å². The maximum absolute atomic E-state index is 13.3. The molecule has 4 nitrogen and oxygen atoms in total. The van der Waals surface area contributed by atoms with Crippen LogP contribution in [0.3, 0.4) is 0 Å². The second kappa shape index (κ2) is 5.19. The highest BCUT2D eigenvalue weighted by atomic mass is 32.2. The van der Waals surface area contributed by atoms with Crippen LogP contribution in [-0.4, -0.2) is 25.4 Å². The predicted molar refractivity (Wildman–Crippen MR) is 71.4 cm³/mol. The molecule has 1 heterocycles. The van der Waals surface area contributed by atoms with Gasteiger partial charge in [-0.05, 0) is 43.4 Å². The zero-order valence-electron chi connectivity index (χ0n) is 11.1. The third-order valence-corrected chi connectivity index (χ3v) is 5.73. The molecule has 2 unspecified atom stereocenters. The Morgan fingerprint density at radius 3 is 2.79 bits per heavy atom. The highest BCUT2D eigenvalue weighted by molar-refractivity contribution is 7.89. The van der Waals surface area contributed by atoms with E-state index in [0.29, 0.717) is 12.1 Å². The first-order valence-electron chi connectivity index (χ1n) is 6.37. The number of aryl methyl sites for hydroxylation is 1. The van der Waals surface area contributed by atoms with Crippen LogP contribution in [0.4, 0.5) is 4.39 Å². The lowest BCUT2D eigenvalue weighted by Gasteiger charge is -2.36. The second-order valence-electron chi connectivity index (χ2n) is 5.14. The smallest absolute Gasteiger partial charge is 0.244 e. The van der Waals surface area contributed by atoms with Crippen LogP contribution >= 0.6 is 0 Å². The lowest BCUT2D eigenvalue weighted by atomic mass is 9.99. The van der Waals surface area contributed by atoms with Gasteiger partial charge in [0.15, 0.2) is 0 Å². The summed E-state index contributed by atoms with van der Waals surface area (Å²) in [6, 6.07) is 3.80. The van der Waals surface area contributed by atoms with Crippen LogP contribution < -0.4 is 5.73 Å².